The van der Waals surface area contributed by atoms with E-state index in [0.717, 1.165) is 22.3 Å². The first-order valence-corrected chi connectivity index (χ1v) is 6.38. The summed E-state index contributed by atoms with van der Waals surface area (Å²) in [5, 5.41) is 8.27. The zero-order valence-corrected chi connectivity index (χ0v) is 10.6. The zero-order valence-electron chi connectivity index (χ0n) is 10.6. The lowest BCUT2D eigenvalue weighted by Gasteiger charge is -2.06. The Kier molecular flexibility index (Phi) is 2.23. The van der Waals surface area contributed by atoms with Gasteiger partial charge in [-0.15, -0.1) is 0 Å². The minimum absolute atomic E-state index is 0.0413. The second-order valence-corrected chi connectivity index (χ2v) is 4.70. The normalized spacial score (nSPS) is 11.2. The Morgan fingerprint density at radius 1 is 0.900 bits per heavy atom. The van der Waals surface area contributed by atoms with Crippen LogP contribution in [0.1, 0.15) is 0 Å². The summed E-state index contributed by atoms with van der Waals surface area (Å²) in [5.41, 5.74) is 3.44. The predicted molar refractivity (Wildman–Crippen MR) is 79.7 cm³/mol. The van der Waals surface area contributed by atoms with E-state index in [-0.39, 0.29) is 5.43 Å². The van der Waals surface area contributed by atoms with Gasteiger partial charge < -0.3 is 4.98 Å². The van der Waals surface area contributed by atoms with Gasteiger partial charge in [0, 0.05) is 22.7 Å². The highest BCUT2D eigenvalue weighted by Gasteiger charge is 2.11. The van der Waals surface area contributed by atoms with E-state index in [4.69, 9.17) is 0 Å². The number of hydrogen-bond donors (Lipinski definition) is 2. The Hall–Kier alpha value is -2.88. The summed E-state index contributed by atoms with van der Waals surface area (Å²) >= 11 is 0. The Morgan fingerprint density at radius 2 is 1.75 bits per heavy atom. The summed E-state index contributed by atoms with van der Waals surface area (Å²) < 4.78 is 0. The number of nitrogens with zero attached hydrogens (tertiary/aromatic N) is 1. The quantitative estimate of drug-likeness (QED) is 0.517. The number of para-hydroxylation sites is 1. The van der Waals surface area contributed by atoms with E-state index in [1.807, 2.05) is 48.5 Å². The highest BCUT2D eigenvalue weighted by Crippen LogP contribution is 2.25. The van der Waals surface area contributed by atoms with E-state index in [0.29, 0.717) is 10.8 Å². The lowest BCUT2D eigenvalue weighted by Crippen LogP contribution is -2.05. The van der Waals surface area contributed by atoms with Gasteiger partial charge in [-0.05, 0) is 24.3 Å². The third-order valence-corrected chi connectivity index (χ3v) is 3.52. The smallest absolute Gasteiger partial charge is 0.197 e. The van der Waals surface area contributed by atoms with Gasteiger partial charge in [0.2, 0.25) is 0 Å². The van der Waals surface area contributed by atoms with Crippen molar-refractivity contribution in [3.05, 3.63) is 65.0 Å². The van der Waals surface area contributed by atoms with Crippen LogP contribution in [0.4, 0.5) is 0 Å². The Bertz CT molecular complexity index is 968. The molecule has 96 valence electrons. The van der Waals surface area contributed by atoms with Gasteiger partial charge in [0.25, 0.3) is 0 Å². The first kappa shape index (κ1) is 11.0. The maximum absolute atomic E-state index is 12.7. The molecule has 2 heterocycles. The van der Waals surface area contributed by atoms with Crippen LogP contribution in [0.25, 0.3) is 33.1 Å². The van der Waals surface area contributed by atoms with Crippen LogP contribution in [0.2, 0.25) is 0 Å². The number of nitrogens with one attached hydrogen (secondary N) is 2. The molecule has 0 amide bonds. The topological polar surface area (TPSA) is 61.5 Å². The van der Waals surface area contributed by atoms with Gasteiger partial charge in [-0.2, -0.15) is 5.10 Å². The Labute approximate surface area is 114 Å². The number of fused-ring (bicyclic) bond motifs is 2. The molecule has 0 saturated carbocycles. The van der Waals surface area contributed by atoms with Gasteiger partial charge >= 0.3 is 0 Å². The van der Waals surface area contributed by atoms with Crippen molar-refractivity contribution in [3.8, 4) is 11.3 Å². The first-order valence-electron chi connectivity index (χ1n) is 6.38. The fourth-order valence-electron chi connectivity index (χ4n) is 2.60. The molecule has 0 bridgehead atoms. The van der Waals surface area contributed by atoms with Crippen molar-refractivity contribution in [2.75, 3.05) is 0 Å². The van der Waals surface area contributed by atoms with Gasteiger partial charge in [0.15, 0.2) is 5.43 Å². The maximum atomic E-state index is 12.7. The highest BCUT2D eigenvalue weighted by atomic mass is 16.1. The Morgan fingerprint density at radius 3 is 2.60 bits per heavy atom. The SMILES string of the molecule is O=c1c2ccccc2[nH]c2cccc(-c3ccn[nH]3)c12. The van der Waals surface area contributed by atoms with Crippen LogP contribution in [0.15, 0.2) is 59.5 Å². The van der Waals surface area contributed by atoms with E-state index < -0.39 is 0 Å². The van der Waals surface area contributed by atoms with Crippen molar-refractivity contribution in [2.24, 2.45) is 0 Å². The minimum Gasteiger partial charge on any atom is -0.354 e. The lowest BCUT2D eigenvalue weighted by molar-refractivity contribution is 1.10. The molecule has 2 aromatic heterocycles. The molecule has 0 atom stereocenters. The molecular formula is C16H11N3O. The summed E-state index contributed by atoms with van der Waals surface area (Å²) in [6.07, 6.45) is 1.68. The summed E-state index contributed by atoms with van der Waals surface area (Å²) in [4.78, 5) is 16.1. The van der Waals surface area contributed by atoms with E-state index in [2.05, 4.69) is 15.2 Å². The number of aromatic nitrogens is 3. The average molecular weight is 261 g/mol. The second kappa shape index (κ2) is 4.06. The van der Waals surface area contributed by atoms with E-state index in [1.165, 1.54) is 0 Å². The van der Waals surface area contributed by atoms with Crippen molar-refractivity contribution in [1.82, 2.24) is 15.2 Å². The molecule has 2 aromatic carbocycles. The van der Waals surface area contributed by atoms with Gasteiger partial charge in [-0.1, -0.05) is 24.3 Å². The third kappa shape index (κ3) is 1.48. The largest absolute Gasteiger partial charge is 0.354 e. The molecule has 4 aromatic rings. The van der Waals surface area contributed by atoms with Crippen LogP contribution in [-0.4, -0.2) is 15.2 Å². The van der Waals surface area contributed by atoms with Crippen LogP contribution < -0.4 is 5.43 Å². The molecule has 20 heavy (non-hydrogen) atoms. The zero-order chi connectivity index (χ0) is 13.5. The van der Waals surface area contributed by atoms with E-state index in [9.17, 15) is 4.79 Å². The fraction of sp³-hybridized carbons (Fsp3) is 0. The van der Waals surface area contributed by atoms with Crippen LogP contribution in [-0.2, 0) is 0 Å². The van der Waals surface area contributed by atoms with Gasteiger partial charge in [-0.3, -0.25) is 9.89 Å². The van der Waals surface area contributed by atoms with Gasteiger partial charge in [-0.25, -0.2) is 0 Å². The minimum atomic E-state index is 0.0413. The monoisotopic (exact) mass is 261 g/mol. The van der Waals surface area contributed by atoms with Gasteiger partial charge in [0.05, 0.1) is 16.6 Å². The number of benzene rings is 2. The molecule has 2 N–H and O–H groups in total. The number of hydrogen-bond acceptors (Lipinski definition) is 2. The van der Waals surface area contributed by atoms with Crippen LogP contribution >= 0.6 is 0 Å². The van der Waals surface area contributed by atoms with Crippen molar-refractivity contribution >= 4 is 21.8 Å². The Balaban J connectivity index is 2.23. The van der Waals surface area contributed by atoms with Crippen molar-refractivity contribution < 1.29 is 0 Å². The van der Waals surface area contributed by atoms with Crippen molar-refractivity contribution in [2.45, 2.75) is 0 Å². The number of pyridine rings is 1. The number of aromatic amines is 2. The molecule has 0 aliphatic carbocycles. The molecule has 0 aliphatic heterocycles. The number of rotatable bonds is 1. The maximum Gasteiger partial charge on any atom is 0.197 e. The van der Waals surface area contributed by atoms with Crippen molar-refractivity contribution in [3.63, 3.8) is 0 Å². The van der Waals surface area contributed by atoms with Crippen LogP contribution in [0, 0.1) is 0 Å². The molecule has 0 unspecified atom stereocenters. The molecule has 0 radical (unpaired) electrons. The molecule has 4 heteroatoms. The molecule has 0 saturated heterocycles. The van der Waals surface area contributed by atoms with Crippen LogP contribution in [0.3, 0.4) is 0 Å². The average Bonchev–Trinajstić information content (AvgIpc) is 3.01. The third-order valence-electron chi connectivity index (χ3n) is 3.52. The van der Waals surface area contributed by atoms with E-state index >= 15 is 0 Å². The molecule has 4 nitrogen and oxygen atoms in total. The van der Waals surface area contributed by atoms with Crippen LogP contribution in [0.5, 0.6) is 0 Å². The fourth-order valence-corrected chi connectivity index (χ4v) is 2.60. The molecule has 0 fully saturated rings. The second-order valence-electron chi connectivity index (χ2n) is 4.70. The number of H-pyrrole nitrogens is 2. The van der Waals surface area contributed by atoms with Gasteiger partial charge in [0.1, 0.15) is 0 Å². The molecule has 0 aliphatic rings. The highest BCUT2D eigenvalue weighted by molar-refractivity contribution is 6.00. The summed E-state index contributed by atoms with van der Waals surface area (Å²) in [5.74, 6) is 0. The van der Waals surface area contributed by atoms with E-state index in [1.54, 1.807) is 6.20 Å². The molecule has 0 spiro atoms. The predicted octanol–water partition coefficient (Wildman–Crippen LogP) is 3.07. The summed E-state index contributed by atoms with van der Waals surface area (Å²) in [6.45, 7) is 0. The lowest BCUT2D eigenvalue weighted by atomic mass is 10.0. The standard InChI is InChI=1S/C16H11N3O/c20-16-11-4-1-2-6-12(11)18-14-7-3-5-10(15(14)16)13-8-9-17-19-13/h1-9H,(H,17,19)(H,18,20). The molecular weight excluding hydrogens is 250 g/mol. The molecule has 4 rings (SSSR count). The summed E-state index contributed by atoms with van der Waals surface area (Å²) in [6, 6.07) is 15.2. The first-order chi connectivity index (χ1) is 9.84. The summed E-state index contributed by atoms with van der Waals surface area (Å²) in [7, 11) is 0. The van der Waals surface area contributed by atoms with Crippen molar-refractivity contribution in [1.29, 1.82) is 0 Å².